The smallest absolute Gasteiger partial charge is 0.312 e. The van der Waals surface area contributed by atoms with Crippen LogP contribution in [0.15, 0.2) is 84.9 Å². The number of rotatable bonds is 5. The summed E-state index contributed by atoms with van der Waals surface area (Å²) in [6.07, 6.45) is 1.54. The van der Waals surface area contributed by atoms with E-state index in [1.54, 1.807) is 30.7 Å². The molecule has 1 saturated heterocycles. The van der Waals surface area contributed by atoms with Crippen LogP contribution in [0.25, 0.3) is 0 Å². The minimum atomic E-state index is -0.789. The normalized spacial score (nSPS) is 14.6. The molecular formula is C26H31AuN3O2P2+. The molecule has 0 aromatic heterocycles. The second-order valence-electron chi connectivity index (χ2n) is 7.78. The third-order valence-corrected chi connectivity index (χ3v) is 9.94. The molecule has 1 unspecified atom stereocenters. The Balaban J connectivity index is 0.000000245. The van der Waals surface area contributed by atoms with Gasteiger partial charge < -0.3 is 4.90 Å². The summed E-state index contributed by atoms with van der Waals surface area (Å²) in [6, 6.07) is 33.1. The maximum absolute atomic E-state index is 11.0. The average molecular weight is 676 g/mol. The molecule has 0 bridgehead atoms. The van der Waals surface area contributed by atoms with Gasteiger partial charge in [0.2, 0.25) is 11.8 Å². The Hall–Kier alpha value is -1.84. The molecule has 0 saturated carbocycles. The number of benzene rings is 3. The van der Waals surface area contributed by atoms with Crippen LogP contribution in [0.4, 0.5) is 0 Å². The molecule has 3 aromatic rings. The zero-order valence-electron chi connectivity index (χ0n) is 19.7. The first-order valence-corrected chi connectivity index (χ1v) is 14.1. The number of carbonyl (C=O) groups is 2. The number of carbonyl (C=O) groups excluding carboxylic acids is 2. The second kappa shape index (κ2) is 14.5. The average Bonchev–Trinajstić information content (AvgIpc) is 3.31. The van der Waals surface area contributed by atoms with Gasteiger partial charge in [-0.2, -0.15) is 35.4 Å². The molecule has 3 aromatic carbocycles. The Morgan fingerprint density at radius 1 is 0.971 bits per heavy atom. The standard InChI is InChI=1S/C18H14P.C8H16N3O2P.Au/c1-4-10-16(11-5-1)19(17-12-6-2-7-13-17)18-14-8-3-9-15-18;1-7(12)10(3)5-14-6-11(4-9-14)8(2)13;/h1-14H;9H,4-6H2,1-3H3;/q-1;;+1/p+1. The summed E-state index contributed by atoms with van der Waals surface area (Å²) in [4.78, 5) is 25.5. The molecule has 1 N–H and O–H groups in total. The van der Waals surface area contributed by atoms with Crippen LogP contribution in [0.3, 0.4) is 0 Å². The third kappa shape index (κ3) is 8.43. The fraction of sp³-hybridized carbons (Fsp3) is 0.231. The largest absolute Gasteiger partial charge is 1.00 e. The van der Waals surface area contributed by atoms with Crippen molar-refractivity contribution in [1.29, 1.82) is 0 Å². The Morgan fingerprint density at radius 2 is 1.53 bits per heavy atom. The van der Waals surface area contributed by atoms with Crippen LogP contribution in [0.5, 0.6) is 0 Å². The molecule has 0 aliphatic carbocycles. The molecule has 5 nitrogen and oxygen atoms in total. The summed E-state index contributed by atoms with van der Waals surface area (Å²) in [7, 11) is 0.500. The SMILES string of the molecule is CC(=O)N(C)C[PH+]1CN(C(C)=O)CN1.[Au+].[c-]1ccccc1P(c1ccccc1)c1ccccc1. The molecule has 2 amide bonds. The monoisotopic (exact) mass is 676 g/mol. The van der Waals surface area contributed by atoms with Crippen molar-refractivity contribution in [2.24, 2.45) is 0 Å². The Bertz CT molecular complexity index is 932. The van der Waals surface area contributed by atoms with E-state index in [0.717, 1.165) is 12.6 Å². The van der Waals surface area contributed by atoms with Crippen LogP contribution in [0.2, 0.25) is 0 Å². The van der Waals surface area contributed by atoms with Crippen LogP contribution in [0.1, 0.15) is 13.8 Å². The predicted octanol–water partition coefficient (Wildman–Crippen LogP) is 3.16. The maximum atomic E-state index is 11.0. The van der Waals surface area contributed by atoms with Crippen molar-refractivity contribution in [1.82, 2.24) is 14.9 Å². The topological polar surface area (TPSA) is 52.7 Å². The van der Waals surface area contributed by atoms with E-state index < -0.39 is 16.0 Å². The van der Waals surface area contributed by atoms with E-state index in [-0.39, 0.29) is 34.2 Å². The van der Waals surface area contributed by atoms with Crippen molar-refractivity contribution < 1.29 is 32.0 Å². The van der Waals surface area contributed by atoms with E-state index in [1.807, 2.05) is 12.1 Å². The van der Waals surface area contributed by atoms with Gasteiger partial charge in [0.05, 0.1) is 0 Å². The molecule has 0 radical (unpaired) electrons. The molecule has 1 heterocycles. The number of nitrogens with one attached hydrogen (secondary N) is 1. The summed E-state index contributed by atoms with van der Waals surface area (Å²) in [5, 5.41) is 7.29. The number of hydrogen-bond acceptors (Lipinski definition) is 3. The minimum Gasteiger partial charge on any atom is -0.312 e. The minimum absolute atomic E-state index is 0. The van der Waals surface area contributed by atoms with Crippen molar-refractivity contribution in [2.45, 2.75) is 13.8 Å². The van der Waals surface area contributed by atoms with Crippen LogP contribution in [0, 0.1) is 6.07 Å². The van der Waals surface area contributed by atoms with Gasteiger partial charge in [0.25, 0.3) is 0 Å². The Kier molecular flexibility index (Phi) is 12.1. The molecule has 0 spiro atoms. The van der Waals surface area contributed by atoms with E-state index in [0.29, 0.717) is 6.67 Å². The molecule has 1 aliphatic heterocycles. The first-order chi connectivity index (χ1) is 16.0. The van der Waals surface area contributed by atoms with Crippen molar-refractivity contribution in [2.75, 3.05) is 26.3 Å². The second-order valence-corrected chi connectivity index (χ2v) is 12.2. The summed E-state index contributed by atoms with van der Waals surface area (Å²) in [5.74, 6) is 0.175. The van der Waals surface area contributed by atoms with Crippen molar-refractivity contribution in [3.8, 4) is 0 Å². The number of nitrogens with zero attached hydrogens (tertiary/aromatic N) is 2. The molecule has 4 rings (SSSR count). The molecule has 1 fully saturated rings. The zero-order chi connectivity index (χ0) is 23.6. The summed E-state index contributed by atoms with van der Waals surface area (Å²) in [6.45, 7) is 3.76. The fourth-order valence-corrected chi connectivity index (χ4v) is 7.94. The first kappa shape index (κ1) is 28.4. The summed E-state index contributed by atoms with van der Waals surface area (Å²) >= 11 is 0. The number of amides is 2. The van der Waals surface area contributed by atoms with E-state index >= 15 is 0 Å². The van der Waals surface area contributed by atoms with E-state index in [9.17, 15) is 9.59 Å². The quantitative estimate of drug-likeness (QED) is 0.257. The summed E-state index contributed by atoms with van der Waals surface area (Å²) < 4.78 is 0. The predicted molar refractivity (Wildman–Crippen MR) is 141 cm³/mol. The zero-order valence-corrected chi connectivity index (χ0v) is 23.7. The van der Waals surface area contributed by atoms with Gasteiger partial charge in [-0.1, -0.05) is 60.7 Å². The van der Waals surface area contributed by atoms with Crippen LogP contribution in [-0.2, 0) is 32.0 Å². The van der Waals surface area contributed by atoms with Crippen LogP contribution < -0.4 is 21.0 Å². The Labute approximate surface area is 221 Å². The van der Waals surface area contributed by atoms with Crippen LogP contribution >= 0.6 is 16.0 Å². The molecule has 1 aliphatic rings. The molecule has 182 valence electrons. The molecule has 34 heavy (non-hydrogen) atoms. The van der Waals surface area contributed by atoms with Gasteiger partial charge in [0, 0.05) is 20.9 Å². The van der Waals surface area contributed by atoms with Gasteiger partial charge in [-0.3, -0.25) is 14.5 Å². The van der Waals surface area contributed by atoms with E-state index in [1.165, 1.54) is 15.9 Å². The van der Waals surface area contributed by atoms with Gasteiger partial charge >= 0.3 is 22.4 Å². The van der Waals surface area contributed by atoms with Gasteiger partial charge in [-0.15, -0.1) is 5.30 Å². The van der Waals surface area contributed by atoms with Gasteiger partial charge in [0.1, 0.15) is 27.3 Å². The molecular weight excluding hydrogens is 645 g/mol. The Morgan fingerprint density at radius 3 is 1.97 bits per heavy atom. The van der Waals surface area contributed by atoms with Gasteiger partial charge in [-0.25, -0.2) is 0 Å². The number of hydrogen-bond donors (Lipinski definition) is 1. The fourth-order valence-electron chi connectivity index (χ4n) is 3.38. The maximum Gasteiger partial charge on any atom is 1.00 e. The van der Waals surface area contributed by atoms with Crippen molar-refractivity contribution in [3.05, 3.63) is 91.0 Å². The third-order valence-electron chi connectivity index (χ3n) is 5.27. The summed E-state index contributed by atoms with van der Waals surface area (Å²) in [5.41, 5.74) is 0. The van der Waals surface area contributed by atoms with E-state index in [4.69, 9.17) is 0 Å². The van der Waals surface area contributed by atoms with Gasteiger partial charge in [0.15, 0.2) is 0 Å². The molecule has 8 heteroatoms. The van der Waals surface area contributed by atoms with Gasteiger partial charge in [-0.05, 0) is 18.5 Å². The van der Waals surface area contributed by atoms with E-state index in [2.05, 4.69) is 84.0 Å². The first-order valence-electron chi connectivity index (χ1n) is 10.9. The van der Waals surface area contributed by atoms with Crippen molar-refractivity contribution in [3.63, 3.8) is 0 Å². The van der Waals surface area contributed by atoms with Crippen LogP contribution in [-0.4, -0.2) is 47.9 Å². The van der Waals surface area contributed by atoms with Crippen molar-refractivity contribution >= 4 is 43.7 Å². The molecule has 1 atom stereocenters.